The van der Waals surface area contributed by atoms with Crippen LogP contribution in [0.1, 0.15) is 25.8 Å². The summed E-state index contributed by atoms with van der Waals surface area (Å²) in [6.45, 7) is 8.92. The molecule has 4 N–H and O–H groups in total. The predicted molar refractivity (Wildman–Crippen MR) is 90.7 cm³/mol. The normalized spacial score (nSPS) is 25.2. The number of aromatic nitrogens is 2. The zero-order valence-corrected chi connectivity index (χ0v) is 13.9. The van der Waals surface area contributed by atoms with Gasteiger partial charge in [0.1, 0.15) is 11.6 Å². The van der Waals surface area contributed by atoms with Crippen LogP contribution < -0.4 is 16.4 Å². The van der Waals surface area contributed by atoms with Crippen LogP contribution in [0.3, 0.4) is 0 Å². The second-order valence-electron chi connectivity index (χ2n) is 7.35. The second kappa shape index (κ2) is 5.91. The Kier molecular flexibility index (Phi) is 4.12. The molecule has 2 atom stereocenters. The maximum Gasteiger partial charge on any atom is 0.223 e. The summed E-state index contributed by atoms with van der Waals surface area (Å²) in [6, 6.07) is 0. The molecule has 6 heteroatoms. The lowest BCUT2D eigenvalue weighted by molar-refractivity contribution is 0.386. The lowest BCUT2D eigenvalue weighted by Crippen LogP contribution is -2.29. The Hall–Kier alpha value is -1.56. The van der Waals surface area contributed by atoms with Crippen molar-refractivity contribution in [3.63, 3.8) is 0 Å². The van der Waals surface area contributed by atoms with Crippen molar-refractivity contribution in [3.8, 4) is 0 Å². The molecule has 3 rings (SSSR count). The first-order valence-electron chi connectivity index (χ1n) is 8.29. The Labute approximate surface area is 132 Å². The third-order valence-electron chi connectivity index (χ3n) is 4.97. The molecule has 0 amide bonds. The van der Waals surface area contributed by atoms with E-state index in [1.54, 1.807) is 0 Å². The summed E-state index contributed by atoms with van der Waals surface area (Å²) < 4.78 is 0. The molecule has 3 heterocycles. The van der Waals surface area contributed by atoms with Gasteiger partial charge in [0, 0.05) is 31.7 Å². The molecule has 0 aliphatic carbocycles. The third kappa shape index (κ3) is 2.97. The SMILES string of the molecule is CC(C)CCc1c(N)nc(N)nc1N1C[C@H]2CN(C)C[C@H]2C1. The van der Waals surface area contributed by atoms with Gasteiger partial charge < -0.3 is 21.3 Å². The Morgan fingerprint density at radius 1 is 1.09 bits per heavy atom. The number of hydrogen-bond donors (Lipinski definition) is 2. The van der Waals surface area contributed by atoms with Crippen molar-refractivity contribution in [2.75, 3.05) is 49.6 Å². The van der Waals surface area contributed by atoms with Gasteiger partial charge in [-0.1, -0.05) is 13.8 Å². The fourth-order valence-corrected chi connectivity index (χ4v) is 3.84. The van der Waals surface area contributed by atoms with Gasteiger partial charge in [-0.25, -0.2) is 0 Å². The highest BCUT2D eigenvalue weighted by molar-refractivity contribution is 5.60. The van der Waals surface area contributed by atoms with Crippen LogP contribution in [0.5, 0.6) is 0 Å². The number of nitrogen functional groups attached to an aromatic ring is 2. The van der Waals surface area contributed by atoms with Crippen molar-refractivity contribution in [3.05, 3.63) is 5.56 Å². The topological polar surface area (TPSA) is 84.3 Å². The molecule has 0 bridgehead atoms. The van der Waals surface area contributed by atoms with E-state index in [2.05, 4.69) is 40.7 Å². The number of nitrogens with two attached hydrogens (primary N) is 2. The van der Waals surface area contributed by atoms with Gasteiger partial charge in [-0.2, -0.15) is 9.97 Å². The average molecular weight is 304 g/mol. The summed E-state index contributed by atoms with van der Waals surface area (Å²) in [4.78, 5) is 13.5. The van der Waals surface area contributed by atoms with E-state index >= 15 is 0 Å². The Balaban J connectivity index is 1.83. The van der Waals surface area contributed by atoms with Crippen LogP contribution in [0, 0.1) is 17.8 Å². The molecule has 122 valence electrons. The summed E-state index contributed by atoms with van der Waals surface area (Å²) in [5.41, 5.74) is 13.1. The van der Waals surface area contributed by atoms with Crippen molar-refractivity contribution >= 4 is 17.6 Å². The highest BCUT2D eigenvalue weighted by Crippen LogP contribution is 2.35. The number of fused-ring (bicyclic) bond motifs is 1. The number of hydrogen-bond acceptors (Lipinski definition) is 6. The zero-order chi connectivity index (χ0) is 15.9. The van der Waals surface area contributed by atoms with Crippen LogP contribution in [0.15, 0.2) is 0 Å². The summed E-state index contributed by atoms with van der Waals surface area (Å²) >= 11 is 0. The molecular formula is C16H28N6. The van der Waals surface area contributed by atoms with Crippen LogP contribution >= 0.6 is 0 Å². The second-order valence-corrected chi connectivity index (χ2v) is 7.35. The van der Waals surface area contributed by atoms with Crippen molar-refractivity contribution < 1.29 is 0 Å². The highest BCUT2D eigenvalue weighted by atomic mass is 15.3. The number of anilines is 3. The van der Waals surface area contributed by atoms with E-state index in [-0.39, 0.29) is 5.95 Å². The smallest absolute Gasteiger partial charge is 0.223 e. The molecule has 2 aliphatic rings. The molecule has 0 radical (unpaired) electrons. The fourth-order valence-electron chi connectivity index (χ4n) is 3.84. The van der Waals surface area contributed by atoms with Crippen molar-refractivity contribution in [1.29, 1.82) is 0 Å². The standard InChI is InChI=1S/C16H28N6/c1-10(2)4-5-13-14(17)19-16(18)20-15(13)22-8-11-6-21(3)7-12(11)9-22/h10-12H,4-9H2,1-3H3,(H4,17,18,19,20)/t11-,12+. The van der Waals surface area contributed by atoms with E-state index in [0.29, 0.717) is 11.7 Å². The molecule has 0 saturated carbocycles. The Morgan fingerprint density at radius 3 is 2.32 bits per heavy atom. The maximum atomic E-state index is 6.15. The van der Waals surface area contributed by atoms with Crippen LogP contribution in [0.4, 0.5) is 17.6 Å². The lowest BCUT2D eigenvalue weighted by atomic mass is 10.0. The van der Waals surface area contributed by atoms with Gasteiger partial charge in [-0.15, -0.1) is 0 Å². The van der Waals surface area contributed by atoms with Crippen LogP contribution in [0.2, 0.25) is 0 Å². The van der Waals surface area contributed by atoms with Gasteiger partial charge in [0.15, 0.2) is 0 Å². The van der Waals surface area contributed by atoms with Crippen molar-refractivity contribution in [2.45, 2.75) is 26.7 Å². The van der Waals surface area contributed by atoms with Gasteiger partial charge in [-0.05, 0) is 37.6 Å². The van der Waals surface area contributed by atoms with Gasteiger partial charge in [0.25, 0.3) is 0 Å². The van der Waals surface area contributed by atoms with Crippen molar-refractivity contribution in [1.82, 2.24) is 14.9 Å². The molecule has 2 saturated heterocycles. The van der Waals surface area contributed by atoms with Crippen LogP contribution in [-0.2, 0) is 6.42 Å². The first-order valence-corrected chi connectivity index (χ1v) is 8.29. The molecule has 0 spiro atoms. The molecule has 0 unspecified atom stereocenters. The molecule has 0 aromatic carbocycles. The summed E-state index contributed by atoms with van der Waals surface area (Å²) in [7, 11) is 2.21. The maximum absolute atomic E-state index is 6.15. The minimum absolute atomic E-state index is 0.287. The quantitative estimate of drug-likeness (QED) is 0.870. The molecule has 2 fully saturated rings. The van der Waals surface area contributed by atoms with E-state index in [4.69, 9.17) is 11.5 Å². The third-order valence-corrected chi connectivity index (χ3v) is 4.97. The summed E-state index contributed by atoms with van der Waals surface area (Å²) in [5, 5.41) is 0. The number of nitrogens with zero attached hydrogens (tertiary/aromatic N) is 4. The first-order chi connectivity index (χ1) is 10.4. The van der Waals surface area contributed by atoms with Gasteiger partial charge in [0.05, 0.1) is 0 Å². The van der Waals surface area contributed by atoms with Gasteiger partial charge in [0.2, 0.25) is 5.95 Å². The van der Waals surface area contributed by atoms with E-state index in [9.17, 15) is 0 Å². The first kappa shape index (κ1) is 15.3. The van der Waals surface area contributed by atoms with Gasteiger partial charge >= 0.3 is 0 Å². The molecule has 1 aromatic heterocycles. The Bertz CT molecular complexity index is 530. The zero-order valence-electron chi connectivity index (χ0n) is 13.9. The van der Waals surface area contributed by atoms with E-state index in [0.717, 1.165) is 49.1 Å². The minimum Gasteiger partial charge on any atom is -0.383 e. The Morgan fingerprint density at radius 2 is 1.73 bits per heavy atom. The summed E-state index contributed by atoms with van der Waals surface area (Å²) in [5.74, 6) is 3.92. The van der Waals surface area contributed by atoms with Crippen molar-refractivity contribution in [2.24, 2.45) is 17.8 Å². The van der Waals surface area contributed by atoms with Crippen LogP contribution in [-0.4, -0.2) is 48.1 Å². The lowest BCUT2D eigenvalue weighted by Gasteiger charge is -2.24. The monoisotopic (exact) mass is 304 g/mol. The number of rotatable bonds is 4. The molecule has 22 heavy (non-hydrogen) atoms. The molecule has 2 aliphatic heterocycles. The molecule has 1 aromatic rings. The fraction of sp³-hybridized carbons (Fsp3) is 0.750. The highest BCUT2D eigenvalue weighted by Gasteiger charge is 2.39. The molecule has 6 nitrogen and oxygen atoms in total. The van der Waals surface area contributed by atoms with E-state index in [1.807, 2.05) is 0 Å². The minimum atomic E-state index is 0.287. The number of likely N-dealkylation sites (tertiary alicyclic amines) is 1. The van der Waals surface area contributed by atoms with E-state index in [1.165, 1.54) is 13.1 Å². The summed E-state index contributed by atoms with van der Waals surface area (Å²) in [6.07, 6.45) is 2.01. The largest absolute Gasteiger partial charge is 0.383 e. The average Bonchev–Trinajstić information content (AvgIpc) is 2.93. The van der Waals surface area contributed by atoms with E-state index < -0.39 is 0 Å². The molecular weight excluding hydrogens is 276 g/mol. The predicted octanol–water partition coefficient (Wildman–Crippen LogP) is 1.23. The van der Waals surface area contributed by atoms with Crippen LogP contribution in [0.25, 0.3) is 0 Å². The van der Waals surface area contributed by atoms with Gasteiger partial charge in [-0.3, -0.25) is 0 Å².